The molecule has 0 aliphatic rings. The van der Waals surface area contributed by atoms with Gasteiger partial charge in [0.15, 0.2) is 0 Å². The third-order valence-corrected chi connectivity index (χ3v) is 2.91. The molecular weight excluding hydrogens is 228 g/mol. The second-order valence-electron chi connectivity index (χ2n) is 4.14. The molecule has 0 aliphatic carbocycles. The van der Waals surface area contributed by atoms with Gasteiger partial charge in [-0.2, -0.15) is 0 Å². The zero-order valence-electron chi connectivity index (χ0n) is 10.5. The summed E-state index contributed by atoms with van der Waals surface area (Å²) in [7, 11) is 1.66. The summed E-state index contributed by atoms with van der Waals surface area (Å²) in [5.41, 5.74) is 2.03. The first-order chi connectivity index (χ1) is 8.85. The minimum atomic E-state index is -0.0650. The lowest BCUT2D eigenvalue weighted by molar-refractivity contribution is 0.184. The molecule has 0 aliphatic heterocycles. The van der Waals surface area contributed by atoms with Gasteiger partial charge >= 0.3 is 0 Å². The maximum Gasteiger partial charge on any atom is 0.0702 e. The Hall–Kier alpha value is -1.49. The zero-order valence-corrected chi connectivity index (χ0v) is 10.5. The summed E-state index contributed by atoms with van der Waals surface area (Å²) < 4.78 is 4.99. The van der Waals surface area contributed by atoms with Crippen LogP contribution in [0.5, 0.6) is 0 Å². The molecule has 96 valence electrons. The number of methoxy groups -OCH3 is 1. The third-order valence-electron chi connectivity index (χ3n) is 2.91. The molecule has 2 N–H and O–H groups in total. The minimum absolute atomic E-state index is 0.0650. The van der Waals surface area contributed by atoms with Gasteiger partial charge in [0.05, 0.1) is 24.8 Å². The third kappa shape index (κ3) is 3.04. The van der Waals surface area contributed by atoms with E-state index in [1.165, 1.54) is 0 Å². The first kappa shape index (κ1) is 13.0. The van der Waals surface area contributed by atoms with E-state index in [9.17, 15) is 5.11 Å². The Morgan fingerprint density at radius 1 is 1.39 bits per heavy atom. The molecule has 1 unspecified atom stereocenters. The molecule has 2 aromatic rings. The molecule has 0 saturated heterocycles. The van der Waals surface area contributed by atoms with E-state index in [0.29, 0.717) is 13.2 Å². The highest BCUT2D eigenvalue weighted by Crippen LogP contribution is 2.18. The number of fused-ring (bicyclic) bond motifs is 1. The second-order valence-corrected chi connectivity index (χ2v) is 4.14. The molecule has 0 spiro atoms. The Bertz CT molecular complexity index is 502. The van der Waals surface area contributed by atoms with E-state index in [0.717, 1.165) is 16.5 Å². The van der Waals surface area contributed by atoms with Crippen LogP contribution in [0.15, 0.2) is 36.5 Å². The number of benzene rings is 1. The molecule has 0 saturated carbocycles. The summed E-state index contributed by atoms with van der Waals surface area (Å²) in [5, 5.41) is 13.8. The standard InChI is InChI=1S/C14H18N2O2/c1-18-8-7-16-14(10-17)12-4-5-13-11(9-12)3-2-6-15-13/h2-6,9,14,16-17H,7-8,10H2,1H3. The highest BCUT2D eigenvalue weighted by atomic mass is 16.5. The van der Waals surface area contributed by atoms with Crippen LogP contribution in [0.3, 0.4) is 0 Å². The number of aromatic nitrogens is 1. The normalized spacial score (nSPS) is 12.8. The smallest absolute Gasteiger partial charge is 0.0702 e. The number of aliphatic hydroxyl groups is 1. The van der Waals surface area contributed by atoms with Gasteiger partial charge in [0, 0.05) is 25.2 Å². The summed E-state index contributed by atoms with van der Waals surface area (Å²) in [4.78, 5) is 4.28. The van der Waals surface area contributed by atoms with Gasteiger partial charge in [-0.05, 0) is 23.8 Å². The van der Waals surface area contributed by atoms with E-state index < -0.39 is 0 Å². The van der Waals surface area contributed by atoms with Gasteiger partial charge in [-0.15, -0.1) is 0 Å². The van der Waals surface area contributed by atoms with Crippen molar-refractivity contribution in [2.75, 3.05) is 26.9 Å². The van der Waals surface area contributed by atoms with Gasteiger partial charge in [0.25, 0.3) is 0 Å². The summed E-state index contributed by atoms with van der Waals surface area (Å²) in [5.74, 6) is 0. The number of ether oxygens (including phenoxy) is 1. The Morgan fingerprint density at radius 3 is 3.06 bits per heavy atom. The molecule has 1 heterocycles. The summed E-state index contributed by atoms with van der Waals surface area (Å²) in [6, 6.07) is 9.91. The molecule has 2 rings (SSSR count). The lowest BCUT2D eigenvalue weighted by Gasteiger charge is -2.16. The van der Waals surface area contributed by atoms with Crippen LogP contribution in [0.1, 0.15) is 11.6 Å². The second kappa shape index (κ2) is 6.44. The van der Waals surface area contributed by atoms with Gasteiger partial charge in [-0.25, -0.2) is 0 Å². The summed E-state index contributed by atoms with van der Waals surface area (Å²) in [6.07, 6.45) is 1.78. The lowest BCUT2D eigenvalue weighted by atomic mass is 10.0. The molecular formula is C14H18N2O2. The maximum absolute atomic E-state index is 9.43. The van der Waals surface area contributed by atoms with Gasteiger partial charge < -0.3 is 15.2 Å². The fourth-order valence-electron chi connectivity index (χ4n) is 1.93. The molecule has 1 atom stereocenters. The predicted octanol–water partition coefficient (Wildman–Crippen LogP) is 1.50. The van der Waals surface area contributed by atoms with Crippen molar-refractivity contribution in [3.63, 3.8) is 0 Å². The highest BCUT2D eigenvalue weighted by Gasteiger charge is 2.09. The quantitative estimate of drug-likeness (QED) is 0.758. The predicted molar refractivity (Wildman–Crippen MR) is 71.4 cm³/mol. The molecule has 1 aromatic carbocycles. The number of hydrogen-bond donors (Lipinski definition) is 2. The first-order valence-corrected chi connectivity index (χ1v) is 6.03. The lowest BCUT2D eigenvalue weighted by Crippen LogP contribution is -2.27. The van der Waals surface area contributed by atoms with Crippen molar-refractivity contribution in [1.82, 2.24) is 10.3 Å². The number of pyridine rings is 1. The summed E-state index contributed by atoms with van der Waals surface area (Å²) in [6.45, 7) is 1.41. The Labute approximate surface area is 107 Å². The van der Waals surface area contributed by atoms with E-state index in [1.807, 2.05) is 24.3 Å². The average Bonchev–Trinajstić information content (AvgIpc) is 2.43. The molecule has 0 amide bonds. The van der Waals surface area contributed by atoms with Crippen molar-refractivity contribution >= 4 is 10.9 Å². The minimum Gasteiger partial charge on any atom is -0.394 e. The van der Waals surface area contributed by atoms with Gasteiger partial charge in [0.1, 0.15) is 0 Å². The van der Waals surface area contributed by atoms with E-state index in [4.69, 9.17) is 4.74 Å². The molecule has 0 radical (unpaired) electrons. The summed E-state index contributed by atoms with van der Waals surface area (Å²) >= 11 is 0. The van der Waals surface area contributed by atoms with E-state index in [1.54, 1.807) is 13.3 Å². The molecule has 18 heavy (non-hydrogen) atoms. The Kier molecular flexibility index (Phi) is 4.64. The van der Waals surface area contributed by atoms with Crippen LogP contribution >= 0.6 is 0 Å². The van der Waals surface area contributed by atoms with E-state index >= 15 is 0 Å². The molecule has 4 nitrogen and oxygen atoms in total. The first-order valence-electron chi connectivity index (χ1n) is 6.03. The van der Waals surface area contributed by atoms with Crippen LogP contribution in [0.2, 0.25) is 0 Å². The largest absolute Gasteiger partial charge is 0.394 e. The van der Waals surface area contributed by atoms with Crippen LogP contribution in [-0.2, 0) is 4.74 Å². The number of aliphatic hydroxyl groups excluding tert-OH is 1. The van der Waals surface area contributed by atoms with Crippen LogP contribution in [0, 0.1) is 0 Å². The number of nitrogens with one attached hydrogen (secondary N) is 1. The van der Waals surface area contributed by atoms with Crippen molar-refractivity contribution in [3.05, 3.63) is 42.1 Å². The monoisotopic (exact) mass is 246 g/mol. The van der Waals surface area contributed by atoms with Gasteiger partial charge in [-0.1, -0.05) is 12.1 Å². The SMILES string of the molecule is COCCNC(CO)c1ccc2ncccc2c1. The fraction of sp³-hybridized carbons (Fsp3) is 0.357. The van der Waals surface area contributed by atoms with E-state index in [-0.39, 0.29) is 12.6 Å². The van der Waals surface area contributed by atoms with Crippen LogP contribution in [0.4, 0.5) is 0 Å². The average molecular weight is 246 g/mol. The van der Waals surface area contributed by atoms with Crippen molar-refractivity contribution in [1.29, 1.82) is 0 Å². The van der Waals surface area contributed by atoms with Crippen molar-refractivity contribution in [2.24, 2.45) is 0 Å². The number of nitrogens with zero attached hydrogens (tertiary/aromatic N) is 1. The zero-order chi connectivity index (χ0) is 12.8. The fourth-order valence-corrected chi connectivity index (χ4v) is 1.93. The molecule has 1 aromatic heterocycles. The maximum atomic E-state index is 9.43. The van der Waals surface area contributed by atoms with Gasteiger partial charge in [0.2, 0.25) is 0 Å². The Morgan fingerprint density at radius 2 is 2.28 bits per heavy atom. The Balaban J connectivity index is 2.17. The van der Waals surface area contributed by atoms with Crippen molar-refractivity contribution in [3.8, 4) is 0 Å². The topological polar surface area (TPSA) is 54.4 Å². The van der Waals surface area contributed by atoms with Crippen LogP contribution in [-0.4, -0.2) is 37.0 Å². The van der Waals surface area contributed by atoms with Crippen LogP contribution in [0.25, 0.3) is 10.9 Å². The van der Waals surface area contributed by atoms with Crippen molar-refractivity contribution in [2.45, 2.75) is 6.04 Å². The van der Waals surface area contributed by atoms with Crippen molar-refractivity contribution < 1.29 is 9.84 Å². The van der Waals surface area contributed by atoms with Gasteiger partial charge in [-0.3, -0.25) is 4.98 Å². The molecule has 0 fully saturated rings. The highest BCUT2D eigenvalue weighted by molar-refractivity contribution is 5.79. The van der Waals surface area contributed by atoms with Crippen LogP contribution < -0.4 is 5.32 Å². The molecule has 0 bridgehead atoms. The molecule has 4 heteroatoms. The number of hydrogen-bond acceptors (Lipinski definition) is 4. The number of rotatable bonds is 6. The van der Waals surface area contributed by atoms with E-state index in [2.05, 4.69) is 16.4 Å².